The van der Waals surface area contributed by atoms with E-state index in [0.717, 1.165) is 30.6 Å². The Kier molecular flexibility index (Phi) is 3.42. The minimum Gasteiger partial charge on any atom is -0.508 e. The van der Waals surface area contributed by atoms with Gasteiger partial charge in [0.2, 0.25) is 5.95 Å². The molecule has 4 nitrogen and oxygen atoms in total. The van der Waals surface area contributed by atoms with Gasteiger partial charge >= 0.3 is 0 Å². The number of phenolic OH excluding ortho intramolecular Hbond substituents is 1. The van der Waals surface area contributed by atoms with Crippen molar-refractivity contribution in [2.24, 2.45) is 0 Å². The van der Waals surface area contributed by atoms with Gasteiger partial charge in [-0.1, -0.05) is 24.3 Å². The van der Waals surface area contributed by atoms with E-state index in [0.29, 0.717) is 5.95 Å². The van der Waals surface area contributed by atoms with Crippen molar-refractivity contribution < 1.29 is 5.11 Å². The summed E-state index contributed by atoms with van der Waals surface area (Å²) in [4.78, 5) is 9.19. The lowest BCUT2D eigenvalue weighted by Crippen LogP contribution is -2.01. The van der Waals surface area contributed by atoms with E-state index in [-0.39, 0.29) is 5.75 Å². The lowest BCUT2D eigenvalue weighted by atomic mass is 10.0. The van der Waals surface area contributed by atoms with Gasteiger partial charge in [0.25, 0.3) is 0 Å². The molecule has 23 heavy (non-hydrogen) atoms. The molecule has 0 bridgehead atoms. The monoisotopic (exact) mass is 303 g/mol. The van der Waals surface area contributed by atoms with Crippen LogP contribution >= 0.6 is 0 Å². The minimum absolute atomic E-state index is 0.243. The van der Waals surface area contributed by atoms with E-state index in [2.05, 4.69) is 34.6 Å². The number of aromatic nitrogens is 2. The molecular weight excluding hydrogens is 286 g/mol. The largest absolute Gasteiger partial charge is 0.508 e. The number of aromatic hydroxyl groups is 1. The van der Waals surface area contributed by atoms with Crippen LogP contribution in [0.1, 0.15) is 17.5 Å². The third-order valence-corrected chi connectivity index (χ3v) is 4.15. The zero-order valence-electron chi connectivity index (χ0n) is 12.7. The van der Waals surface area contributed by atoms with E-state index < -0.39 is 0 Å². The quantitative estimate of drug-likeness (QED) is 0.700. The lowest BCUT2D eigenvalue weighted by molar-refractivity contribution is 0.475. The average Bonchev–Trinajstić information content (AvgIpc) is 2.76. The van der Waals surface area contributed by atoms with Crippen LogP contribution < -0.4 is 5.32 Å². The van der Waals surface area contributed by atoms with Crippen LogP contribution in [0.3, 0.4) is 0 Å². The fourth-order valence-electron chi connectivity index (χ4n) is 3.00. The van der Waals surface area contributed by atoms with Gasteiger partial charge in [-0.25, -0.2) is 9.97 Å². The number of nitrogens with one attached hydrogen (secondary N) is 1. The van der Waals surface area contributed by atoms with Crippen molar-refractivity contribution in [3.63, 3.8) is 0 Å². The van der Waals surface area contributed by atoms with E-state index >= 15 is 0 Å². The van der Waals surface area contributed by atoms with Crippen LogP contribution in [0.15, 0.2) is 54.7 Å². The molecule has 0 spiro atoms. The molecule has 4 heteroatoms. The van der Waals surface area contributed by atoms with Gasteiger partial charge in [0.05, 0.1) is 5.69 Å². The number of phenols is 1. The second kappa shape index (κ2) is 5.72. The maximum Gasteiger partial charge on any atom is 0.227 e. The Hall–Kier alpha value is -2.88. The van der Waals surface area contributed by atoms with Crippen LogP contribution in [-0.4, -0.2) is 15.1 Å². The van der Waals surface area contributed by atoms with E-state index in [1.54, 1.807) is 24.3 Å². The number of fused-ring (bicyclic) bond motifs is 3. The highest BCUT2D eigenvalue weighted by atomic mass is 16.3. The number of anilines is 2. The Bertz CT molecular complexity index is 843. The van der Waals surface area contributed by atoms with Gasteiger partial charge in [-0.2, -0.15) is 0 Å². The fourth-order valence-corrected chi connectivity index (χ4v) is 3.00. The summed E-state index contributed by atoms with van der Waals surface area (Å²) in [7, 11) is 0. The number of aryl methyl sites for hydroxylation is 2. The smallest absolute Gasteiger partial charge is 0.227 e. The molecular formula is C19H17N3O. The maximum atomic E-state index is 9.36. The van der Waals surface area contributed by atoms with Crippen molar-refractivity contribution >= 4 is 11.6 Å². The van der Waals surface area contributed by atoms with Crippen molar-refractivity contribution in [3.05, 3.63) is 65.9 Å². The fraction of sp³-hybridized carbons (Fsp3) is 0.158. The topological polar surface area (TPSA) is 58.0 Å². The van der Waals surface area contributed by atoms with Gasteiger partial charge in [0.15, 0.2) is 0 Å². The lowest BCUT2D eigenvalue weighted by Gasteiger charge is -2.11. The molecule has 2 N–H and O–H groups in total. The van der Waals surface area contributed by atoms with Crippen molar-refractivity contribution in [1.82, 2.24) is 9.97 Å². The average molecular weight is 303 g/mol. The molecule has 1 aliphatic rings. The second-order valence-electron chi connectivity index (χ2n) is 5.75. The molecule has 3 aromatic rings. The first-order valence-corrected chi connectivity index (χ1v) is 7.80. The first-order chi connectivity index (χ1) is 11.3. The Labute approximate surface area is 134 Å². The molecule has 4 rings (SSSR count). The first-order valence-electron chi connectivity index (χ1n) is 7.80. The van der Waals surface area contributed by atoms with Crippen LogP contribution in [0.5, 0.6) is 5.75 Å². The summed E-state index contributed by atoms with van der Waals surface area (Å²) in [5, 5.41) is 12.6. The number of hydrogen-bond acceptors (Lipinski definition) is 4. The third kappa shape index (κ3) is 2.75. The van der Waals surface area contributed by atoms with Crippen molar-refractivity contribution in [2.75, 3.05) is 5.32 Å². The van der Waals surface area contributed by atoms with E-state index in [1.165, 1.54) is 16.7 Å². The summed E-state index contributed by atoms with van der Waals surface area (Å²) in [5.74, 6) is 0.818. The predicted octanol–water partition coefficient (Wildman–Crippen LogP) is 4.08. The maximum absolute atomic E-state index is 9.36. The molecule has 1 heterocycles. The SMILES string of the molecule is Oc1ccc(Nc2ncc3c(n2)-c2ccccc2CCC3)cc1. The van der Waals surface area contributed by atoms with Crippen LogP contribution in [0, 0.1) is 0 Å². The predicted molar refractivity (Wildman–Crippen MR) is 90.9 cm³/mol. The first kappa shape index (κ1) is 13.8. The van der Waals surface area contributed by atoms with Crippen molar-refractivity contribution in [3.8, 4) is 17.0 Å². The summed E-state index contributed by atoms with van der Waals surface area (Å²) in [6.07, 6.45) is 5.13. The van der Waals surface area contributed by atoms with Gasteiger partial charge in [-0.15, -0.1) is 0 Å². The van der Waals surface area contributed by atoms with Gasteiger partial charge in [-0.3, -0.25) is 0 Å². The number of hydrogen-bond donors (Lipinski definition) is 2. The van der Waals surface area contributed by atoms with Gasteiger partial charge in [0.1, 0.15) is 5.75 Å². The molecule has 0 radical (unpaired) electrons. The normalized spacial score (nSPS) is 12.9. The summed E-state index contributed by atoms with van der Waals surface area (Å²) in [5.41, 5.74) is 5.63. The molecule has 0 amide bonds. The van der Waals surface area contributed by atoms with E-state index in [1.807, 2.05) is 6.20 Å². The Balaban J connectivity index is 1.73. The van der Waals surface area contributed by atoms with Crippen LogP contribution in [-0.2, 0) is 12.8 Å². The zero-order chi connectivity index (χ0) is 15.6. The Morgan fingerprint density at radius 1 is 0.913 bits per heavy atom. The summed E-state index contributed by atoms with van der Waals surface area (Å²) in [6.45, 7) is 0. The van der Waals surface area contributed by atoms with Gasteiger partial charge in [0, 0.05) is 17.4 Å². The van der Waals surface area contributed by atoms with Crippen LogP contribution in [0.2, 0.25) is 0 Å². The molecule has 0 aliphatic heterocycles. The summed E-state index contributed by atoms with van der Waals surface area (Å²) in [6, 6.07) is 15.3. The number of benzene rings is 2. The number of nitrogens with zero attached hydrogens (tertiary/aromatic N) is 2. The molecule has 0 atom stereocenters. The third-order valence-electron chi connectivity index (χ3n) is 4.15. The molecule has 1 aliphatic carbocycles. The number of rotatable bonds is 2. The minimum atomic E-state index is 0.243. The van der Waals surface area contributed by atoms with Crippen LogP contribution in [0.25, 0.3) is 11.3 Å². The summed E-state index contributed by atoms with van der Waals surface area (Å²) >= 11 is 0. The van der Waals surface area contributed by atoms with Crippen LogP contribution in [0.4, 0.5) is 11.6 Å². The highest BCUT2D eigenvalue weighted by molar-refractivity contribution is 5.69. The summed E-state index contributed by atoms with van der Waals surface area (Å²) < 4.78 is 0. The van der Waals surface area contributed by atoms with E-state index in [9.17, 15) is 5.11 Å². The van der Waals surface area contributed by atoms with E-state index in [4.69, 9.17) is 4.98 Å². The van der Waals surface area contributed by atoms with Crippen molar-refractivity contribution in [2.45, 2.75) is 19.3 Å². The molecule has 2 aromatic carbocycles. The molecule has 0 saturated heterocycles. The zero-order valence-corrected chi connectivity index (χ0v) is 12.7. The highest BCUT2D eigenvalue weighted by Crippen LogP contribution is 2.31. The molecule has 0 saturated carbocycles. The van der Waals surface area contributed by atoms with Gasteiger partial charge in [-0.05, 0) is 54.7 Å². The Morgan fingerprint density at radius 3 is 2.57 bits per heavy atom. The molecule has 0 fully saturated rings. The Morgan fingerprint density at radius 2 is 1.70 bits per heavy atom. The molecule has 114 valence electrons. The molecule has 1 aromatic heterocycles. The van der Waals surface area contributed by atoms with Gasteiger partial charge < -0.3 is 10.4 Å². The highest BCUT2D eigenvalue weighted by Gasteiger charge is 2.16. The second-order valence-corrected chi connectivity index (χ2v) is 5.75. The van der Waals surface area contributed by atoms with Crippen molar-refractivity contribution in [1.29, 1.82) is 0 Å². The molecule has 0 unspecified atom stereocenters. The standard InChI is InChI=1S/C19H17N3O/c23-16-10-8-15(9-11-16)21-19-20-12-14-6-3-5-13-4-1-2-7-17(13)18(14)22-19/h1-2,4,7-12,23H,3,5-6H2,(H,20,21,22).